The van der Waals surface area contributed by atoms with Gasteiger partial charge in [-0.2, -0.15) is 0 Å². The van der Waals surface area contributed by atoms with E-state index >= 15 is 0 Å². The van der Waals surface area contributed by atoms with Crippen molar-refractivity contribution in [2.75, 3.05) is 30.4 Å². The van der Waals surface area contributed by atoms with E-state index in [1.54, 1.807) is 43.3 Å². The number of halogens is 1. The van der Waals surface area contributed by atoms with Gasteiger partial charge in [-0.25, -0.2) is 8.42 Å². The van der Waals surface area contributed by atoms with Crippen LogP contribution < -0.4 is 19.1 Å². The minimum absolute atomic E-state index is 0.0592. The fourth-order valence-electron chi connectivity index (χ4n) is 3.99. The van der Waals surface area contributed by atoms with Crippen molar-refractivity contribution in [2.45, 2.75) is 52.1 Å². The van der Waals surface area contributed by atoms with E-state index in [0.29, 0.717) is 28.8 Å². The van der Waals surface area contributed by atoms with Crippen LogP contribution in [0.2, 0.25) is 5.02 Å². The van der Waals surface area contributed by atoms with Gasteiger partial charge in [-0.3, -0.25) is 13.9 Å². The lowest BCUT2D eigenvalue weighted by molar-refractivity contribution is -0.140. The van der Waals surface area contributed by atoms with E-state index in [2.05, 4.69) is 5.32 Å². The van der Waals surface area contributed by atoms with Gasteiger partial charge < -0.3 is 19.7 Å². The number of hydrogen-bond donors (Lipinski definition) is 1. The van der Waals surface area contributed by atoms with Crippen molar-refractivity contribution in [2.24, 2.45) is 0 Å². The van der Waals surface area contributed by atoms with Gasteiger partial charge in [0.15, 0.2) is 11.5 Å². The van der Waals surface area contributed by atoms with Gasteiger partial charge in [0.1, 0.15) is 6.04 Å². The standard InChI is InChI=1S/C26H34ClN3O6S/c1-4-5-13-28-26(32)19(2)29(17-20-8-6-9-21(27)15-20)25(31)10-7-14-30(37(3,33)34)22-11-12-23-24(16-22)36-18-35-23/h6,8-9,11-12,15-16,19H,4-5,7,10,13-14,17-18H2,1-3H3,(H,28,32)/t19-/m1/s1. The Morgan fingerprint density at radius 2 is 1.86 bits per heavy atom. The number of rotatable bonds is 13. The molecule has 0 bridgehead atoms. The summed E-state index contributed by atoms with van der Waals surface area (Å²) in [7, 11) is -3.62. The Labute approximate surface area is 223 Å². The van der Waals surface area contributed by atoms with E-state index in [1.165, 1.54) is 9.21 Å². The Kier molecular flexibility index (Phi) is 10.0. The molecular weight excluding hydrogens is 518 g/mol. The predicted molar refractivity (Wildman–Crippen MR) is 143 cm³/mol. The van der Waals surface area contributed by atoms with Crippen LogP contribution in [0.4, 0.5) is 5.69 Å². The molecule has 1 atom stereocenters. The molecule has 0 unspecified atom stereocenters. The van der Waals surface area contributed by atoms with Gasteiger partial charge in [0, 0.05) is 37.1 Å². The Morgan fingerprint density at radius 1 is 1.11 bits per heavy atom. The molecule has 0 saturated carbocycles. The van der Waals surface area contributed by atoms with Gasteiger partial charge in [0.25, 0.3) is 0 Å². The van der Waals surface area contributed by atoms with Gasteiger partial charge >= 0.3 is 0 Å². The summed E-state index contributed by atoms with van der Waals surface area (Å²) in [6, 6.07) is 11.3. The van der Waals surface area contributed by atoms with E-state index in [1.807, 2.05) is 13.0 Å². The molecule has 0 spiro atoms. The zero-order valence-electron chi connectivity index (χ0n) is 21.4. The lowest BCUT2D eigenvalue weighted by Crippen LogP contribution is -2.48. The number of carbonyl (C=O) groups excluding carboxylic acids is 2. The SMILES string of the molecule is CCCCNC(=O)[C@@H](C)N(Cc1cccc(Cl)c1)C(=O)CCCN(c1ccc2c(c1)OCO2)S(C)(=O)=O. The van der Waals surface area contributed by atoms with E-state index in [-0.39, 0.29) is 44.5 Å². The number of anilines is 1. The van der Waals surface area contributed by atoms with Crippen LogP contribution in [-0.2, 0) is 26.2 Å². The predicted octanol–water partition coefficient (Wildman–Crippen LogP) is 3.95. The van der Waals surface area contributed by atoms with Crippen molar-refractivity contribution < 1.29 is 27.5 Å². The smallest absolute Gasteiger partial charge is 0.242 e. The number of amides is 2. The number of unbranched alkanes of at least 4 members (excludes halogenated alkanes) is 1. The molecule has 37 heavy (non-hydrogen) atoms. The monoisotopic (exact) mass is 551 g/mol. The van der Waals surface area contributed by atoms with E-state index in [9.17, 15) is 18.0 Å². The quantitative estimate of drug-likeness (QED) is 0.378. The van der Waals surface area contributed by atoms with Crippen LogP contribution in [0.3, 0.4) is 0 Å². The number of nitrogens with one attached hydrogen (secondary N) is 1. The number of benzene rings is 2. The van der Waals surface area contributed by atoms with Gasteiger partial charge in [0.2, 0.25) is 28.6 Å². The first-order valence-corrected chi connectivity index (χ1v) is 14.5. The molecule has 0 saturated heterocycles. The maximum atomic E-state index is 13.3. The molecule has 2 aromatic carbocycles. The van der Waals surface area contributed by atoms with Crippen molar-refractivity contribution >= 4 is 39.1 Å². The number of sulfonamides is 1. The molecule has 0 aliphatic carbocycles. The maximum absolute atomic E-state index is 13.3. The first-order valence-electron chi connectivity index (χ1n) is 12.3. The molecule has 9 nitrogen and oxygen atoms in total. The zero-order chi connectivity index (χ0) is 27.0. The average molecular weight is 552 g/mol. The van der Waals surface area contributed by atoms with Crippen LogP contribution in [0, 0.1) is 0 Å². The minimum atomic E-state index is -3.62. The molecule has 0 fully saturated rings. The fraction of sp³-hybridized carbons (Fsp3) is 0.462. The lowest BCUT2D eigenvalue weighted by atomic mass is 10.1. The van der Waals surface area contributed by atoms with Gasteiger partial charge in [-0.15, -0.1) is 0 Å². The Bertz CT molecular complexity index is 1210. The van der Waals surface area contributed by atoms with Crippen LogP contribution in [-0.4, -0.2) is 57.3 Å². The summed E-state index contributed by atoms with van der Waals surface area (Å²) in [6.07, 6.45) is 3.23. The molecule has 0 radical (unpaired) electrons. The van der Waals surface area contributed by atoms with E-state index in [0.717, 1.165) is 24.7 Å². The third kappa shape index (κ3) is 8.00. The summed E-state index contributed by atoms with van der Waals surface area (Å²) in [5, 5.41) is 3.42. The maximum Gasteiger partial charge on any atom is 0.242 e. The van der Waals surface area contributed by atoms with Crippen LogP contribution in [0.1, 0.15) is 45.1 Å². The summed E-state index contributed by atoms with van der Waals surface area (Å²) in [6.45, 7) is 4.65. The Balaban J connectivity index is 1.71. The van der Waals surface area contributed by atoms with Crippen LogP contribution >= 0.6 is 11.6 Å². The Hall–Kier alpha value is -2.98. The number of fused-ring (bicyclic) bond motifs is 1. The molecule has 202 valence electrons. The Morgan fingerprint density at radius 3 is 2.57 bits per heavy atom. The number of ether oxygens (including phenoxy) is 2. The minimum Gasteiger partial charge on any atom is -0.454 e. The van der Waals surface area contributed by atoms with Crippen molar-refractivity contribution in [3.63, 3.8) is 0 Å². The number of hydrogen-bond acceptors (Lipinski definition) is 6. The number of carbonyl (C=O) groups is 2. The van der Waals surface area contributed by atoms with Gasteiger partial charge in [0.05, 0.1) is 11.9 Å². The highest BCUT2D eigenvalue weighted by Gasteiger charge is 2.27. The number of nitrogens with zero attached hydrogens (tertiary/aromatic N) is 2. The van der Waals surface area contributed by atoms with E-state index < -0.39 is 16.1 Å². The lowest BCUT2D eigenvalue weighted by Gasteiger charge is -2.29. The van der Waals surface area contributed by atoms with Gasteiger partial charge in [-0.05, 0) is 49.6 Å². The molecule has 0 aromatic heterocycles. The van der Waals surface area contributed by atoms with Crippen LogP contribution in [0.5, 0.6) is 11.5 Å². The fourth-order valence-corrected chi connectivity index (χ4v) is 5.17. The average Bonchev–Trinajstić information content (AvgIpc) is 3.32. The van der Waals surface area contributed by atoms with Crippen molar-refractivity contribution in [3.8, 4) is 11.5 Å². The summed E-state index contributed by atoms with van der Waals surface area (Å²) in [5.74, 6) is 0.535. The van der Waals surface area contributed by atoms with Gasteiger partial charge in [-0.1, -0.05) is 37.1 Å². The molecule has 2 aromatic rings. The second-order valence-electron chi connectivity index (χ2n) is 8.95. The molecule has 11 heteroatoms. The first-order chi connectivity index (χ1) is 17.6. The third-order valence-corrected chi connectivity index (χ3v) is 7.46. The second-order valence-corrected chi connectivity index (χ2v) is 11.3. The molecule has 1 aliphatic heterocycles. The van der Waals surface area contributed by atoms with E-state index in [4.69, 9.17) is 21.1 Å². The highest BCUT2D eigenvalue weighted by atomic mass is 35.5. The largest absolute Gasteiger partial charge is 0.454 e. The highest BCUT2D eigenvalue weighted by Crippen LogP contribution is 2.36. The van der Waals surface area contributed by atoms with Crippen molar-refractivity contribution in [1.29, 1.82) is 0 Å². The third-order valence-electron chi connectivity index (χ3n) is 6.04. The first kappa shape index (κ1) is 28.6. The summed E-state index contributed by atoms with van der Waals surface area (Å²) in [4.78, 5) is 27.6. The molecule has 2 amide bonds. The molecule has 1 N–H and O–H groups in total. The second kappa shape index (κ2) is 13.0. The summed E-state index contributed by atoms with van der Waals surface area (Å²) in [5.41, 5.74) is 1.23. The summed E-state index contributed by atoms with van der Waals surface area (Å²) >= 11 is 6.13. The van der Waals surface area contributed by atoms with Crippen molar-refractivity contribution in [3.05, 3.63) is 53.1 Å². The molecular formula is C26H34ClN3O6S. The highest BCUT2D eigenvalue weighted by molar-refractivity contribution is 7.92. The normalized spacial score (nSPS) is 13.2. The molecule has 3 rings (SSSR count). The topological polar surface area (TPSA) is 105 Å². The summed E-state index contributed by atoms with van der Waals surface area (Å²) < 4.78 is 37.0. The molecule has 1 heterocycles. The van der Waals surface area contributed by atoms with Crippen LogP contribution in [0.15, 0.2) is 42.5 Å². The van der Waals surface area contributed by atoms with Crippen molar-refractivity contribution in [1.82, 2.24) is 10.2 Å². The zero-order valence-corrected chi connectivity index (χ0v) is 23.0. The molecule has 1 aliphatic rings. The van der Waals surface area contributed by atoms with Crippen LogP contribution in [0.25, 0.3) is 0 Å².